The predicted molar refractivity (Wildman–Crippen MR) is 78.0 cm³/mol. The lowest BCUT2D eigenvalue weighted by Gasteiger charge is -2.21. The fourth-order valence-corrected chi connectivity index (χ4v) is 2.52. The van der Waals surface area contributed by atoms with E-state index < -0.39 is 0 Å². The molecule has 1 fully saturated rings. The molecule has 1 aliphatic rings. The Kier molecular flexibility index (Phi) is 4.79. The highest BCUT2D eigenvalue weighted by atomic mass is 15.1. The van der Waals surface area contributed by atoms with E-state index >= 15 is 0 Å². The first-order valence-electron chi connectivity index (χ1n) is 7.19. The van der Waals surface area contributed by atoms with E-state index in [1.54, 1.807) is 0 Å². The third-order valence-electron chi connectivity index (χ3n) is 3.87. The SMILES string of the molecule is Cc1ccc(C(C)C)cc1CN1CCCNCC1. The largest absolute Gasteiger partial charge is 0.315 e. The minimum atomic E-state index is 0.621. The van der Waals surface area contributed by atoms with Crippen LogP contribution >= 0.6 is 0 Å². The Morgan fingerprint density at radius 2 is 2.06 bits per heavy atom. The third kappa shape index (κ3) is 3.56. The van der Waals surface area contributed by atoms with Crippen molar-refractivity contribution in [3.8, 4) is 0 Å². The Morgan fingerprint density at radius 3 is 2.83 bits per heavy atom. The molecule has 18 heavy (non-hydrogen) atoms. The summed E-state index contributed by atoms with van der Waals surface area (Å²) in [6.07, 6.45) is 1.27. The molecule has 2 heteroatoms. The second kappa shape index (κ2) is 6.35. The molecule has 0 atom stereocenters. The van der Waals surface area contributed by atoms with Crippen molar-refractivity contribution in [2.24, 2.45) is 0 Å². The standard InChI is InChI=1S/C16H26N2/c1-13(2)15-6-5-14(3)16(11-15)12-18-9-4-7-17-8-10-18/h5-6,11,13,17H,4,7-10,12H2,1-3H3. The van der Waals surface area contributed by atoms with Gasteiger partial charge in [0.15, 0.2) is 0 Å². The lowest BCUT2D eigenvalue weighted by molar-refractivity contribution is 0.284. The summed E-state index contributed by atoms with van der Waals surface area (Å²) < 4.78 is 0. The molecular weight excluding hydrogens is 220 g/mol. The number of hydrogen-bond acceptors (Lipinski definition) is 2. The van der Waals surface area contributed by atoms with Crippen LogP contribution in [0.15, 0.2) is 18.2 Å². The molecule has 100 valence electrons. The molecule has 1 N–H and O–H groups in total. The van der Waals surface area contributed by atoms with Crippen molar-refractivity contribution >= 4 is 0 Å². The first-order chi connectivity index (χ1) is 8.66. The van der Waals surface area contributed by atoms with Crippen molar-refractivity contribution in [3.63, 3.8) is 0 Å². The summed E-state index contributed by atoms with van der Waals surface area (Å²) in [5.41, 5.74) is 4.39. The van der Waals surface area contributed by atoms with Gasteiger partial charge in [-0.1, -0.05) is 32.0 Å². The van der Waals surface area contributed by atoms with E-state index in [2.05, 4.69) is 49.2 Å². The Hall–Kier alpha value is -0.860. The number of aryl methyl sites for hydroxylation is 1. The summed E-state index contributed by atoms with van der Waals surface area (Å²) >= 11 is 0. The minimum absolute atomic E-state index is 0.621. The van der Waals surface area contributed by atoms with E-state index in [1.165, 1.54) is 42.7 Å². The van der Waals surface area contributed by atoms with E-state index in [1.807, 2.05) is 0 Å². The average molecular weight is 246 g/mol. The molecule has 1 aliphatic heterocycles. The Labute approximate surface area is 111 Å². The highest BCUT2D eigenvalue weighted by Gasteiger charge is 2.11. The number of nitrogens with one attached hydrogen (secondary N) is 1. The Balaban J connectivity index is 2.09. The van der Waals surface area contributed by atoms with Gasteiger partial charge in [-0.15, -0.1) is 0 Å². The zero-order valence-corrected chi connectivity index (χ0v) is 12.0. The van der Waals surface area contributed by atoms with Gasteiger partial charge in [-0.2, -0.15) is 0 Å². The molecule has 1 aromatic carbocycles. The first kappa shape index (κ1) is 13.6. The van der Waals surface area contributed by atoms with Crippen molar-refractivity contribution in [1.82, 2.24) is 10.2 Å². The van der Waals surface area contributed by atoms with Gasteiger partial charge in [0.05, 0.1) is 0 Å². The van der Waals surface area contributed by atoms with E-state index in [0.717, 1.165) is 13.1 Å². The summed E-state index contributed by atoms with van der Waals surface area (Å²) in [5.74, 6) is 0.621. The molecule has 0 bridgehead atoms. The molecule has 1 heterocycles. The van der Waals surface area contributed by atoms with Crippen LogP contribution in [0.2, 0.25) is 0 Å². The van der Waals surface area contributed by atoms with Crippen molar-refractivity contribution in [3.05, 3.63) is 34.9 Å². The first-order valence-corrected chi connectivity index (χ1v) is 7.19. The van der Waals surface area contributed by atoms with Gasteiger partial charge in [0.25, 0.3) is 0 Å². The second-order valence-electron chi connectivity index (χ2n) is 5.72. The van der Waals surface area contributed by atoms with Crippen LogP contribution in [-0.2, 0) is 6.54 Å². The molecule has 1 saturated heterocycles. The molecule has 0 spiro atoms. The fourth-order valence-electron chi connectivity index (χ4n) is 2.52. The molecule has 2 rings (SSSR count). The van der Waals surface area contributed by atoms with Gasteiger partial charge in [-0.05, 0) is 49.0 Å². The van der Waals surface area contributed by atoms with Crippen LogP contribution in [0.1, 0.15) is 42.9 Å². The Morgan fingerprint density at radius 1 is 1.22 bits per heavy atom. The highest BCUT2D eigenvalue weighted by molar-refractivity contribution is 5.32. The van der Waals surface area contributed by atoms with Gasteiger partial charge in [0.1, 0.15) is 0 Å². The van der Waals surface area contributed by atoms with Crippen molar-refractivity contribution in [2.45, 2.75) is 39.7 Å². The van der Waals surface area contributed by atoms with Crippen LogP contribution in [-0.4, -0.2) is 31.1 Å². The molecule has 0 unspecified atom stereocenters. The maximum atomic E-state index is 3.47. The number of nitrogens with zero attached hydrogens (tertiary/aromatic N) is 1. The van der Waals surface area contributed by atoms with Gasteiger partial charge < -0.3 is 5.32 Å². The lowest BCUT2D eigenvalue weighted by Crippen LogP contribution is -2.28. The van der Waals surface area contributed by atoms with Crippen molar-refractivity contribution < 1.29 is 0 Å². The van der Waals surface area contributed by atoms with Crippen LogP contribution in [0.3, 0.4) is 0 Å². The highest BCUT2D eigenvalue weighted by Crippen LogP contribution is 2.20. The van der Waals surface area contributed by atoms with E-state index in [9.17, 15) is 0 Å². The van der Waals surface area contributed by atoms with Gasteiger partial charge >= 0.3 is 0 Å². The number of hydrogen-bond donors (Lipinski definition) is 1. The van der Waals surface area contributed by atoms with Crippen molar-refractivity contribution in [1.29, 1.82) is 0 Å². The quantitative estimate of drug-likeness (QED) is 0.882. The topological polar surface area (TPSA) is 15.3 Å². The number of rotatable bonds is 3. The third-order valence-corrected chi connectivity index (χ3v) is 3.87. The molecule has 0 saturated carbocycles. The van der Waals surface area contributed by atoms with E-state index in [0.29, 0.717) is 5.92 Å². The summed E-state index contributed by atoms with van der Waals surface area (Å²) in [7, 11) is 0. The van der Waals surface area contributed by atoms with E-state index in [4.69, 9.17) is 0 Å². The molecule has 0 amide bonds. The molecule has 2 nitrogen and oxygen atoms in total. The lowest BCUT2D eigenvalue weighted by atomic mass is 9.97. The monoisotopic (exact) mass is 246 g/mol. The zero-order chi connectivity index (χ0) is 13.0. The molecule has 0 radical (unpaired) electrons. The Bertz CT molecular complexity index is 377. The zero-order valence-electron chi connectivity index (χ0n) is 12.0. The maximum Gasteiger partial charge on any atom is 0.0237 e. The summed E-state index contributed by atoms with van der Waals surface area (Å²) in [5, 5.41) is 3.47. The van der Waals surface area contributed by atoms with Crippen LogP contribution < -0.4 is 5.32 Å². The number of benzene rings is 1. The molecule has 0 aromatic heterocycles. The smallest absolute Gasteiger partial charge is 0.0237 e. The van der Waals surface area contributed by atoms with Gasteiger partial charge in [-0.25, -0.2) is 0 Å². The maximum absolute atomic E-state index is 3.47. The fraction of sp³-hybridized carbons (Fsp3) is 0.625. The van der Waals surface area contributed by atoms with Crippen LogP contribution in [0, 0.1) is 6.92 Å². The van der Waals surface area contributed by atoms with Crippen LogP contribution in [0.25, 0.3) is 0 Å². The average Bonchev–Trinajstić information content (AvgIpc) is 2.60. The second-order valence-corrected chi connectivity index (χ2v) is 5.72. The summed E-state index contributed by atoms with van der Waals surface area (Å²) in [4.78, 5) is 2.58. The van der Waals surface area contributed by atoms with E-state index in [-0.39, 0.29) is 0 Å². The van der Waals surface area contributed by atoms with Gasteiger partial charge in [-0.3, -0.25) is 4.90 Å². The normalized spacial score (nSPS) is 18.0. The van der Waals surface area contributed by atoms with Gasteiger partial charge in [0, 0.05) is 19.6 Å². The summed E-state index contributed by atoms with van der Waals surface area (Å²) in [6.45, 7) is 12.6. The minimum Gasteiger partial charge on any atom is -0.315 e. The van der Waals surface area contributed by atoms with Crippen LogP contribution in [0.5, 0.6) is 0 Å². The molecule has 0 aliphatic carbocycles. The van der Waals surface area contributed by atoms with Gasteiger partial charge in [0.2, 0.25) is 0 Å². The molecular formula is C16H26N2. The predicted octanol–water partition coefficient (Wildman–Crippen LogP) is 2.91. The van der Waals surface area contributed by atoms with Crippen molar-refractivity contribution in [2.75, 3.05) is 26.2 Å². The molecule has 1 aromatic rings. The summed E-state index contributed by atoms with van der Waals surface area (Å²) in [6, 6.07) is 6.95. The van der Waals surface area contributed by atoms with Crippen LogP contribution in [0.4, 0.5) is 0 Å².